The molecule has 94 valence electrons. The Bertz CT molecular complexity index is 573. The number of hydrogen-bond donors (Lipinski definition) is 2. The Balaban J connectivity index is 2.38. The Morgan fingerprint density at radius 1 is 1.06 bits per heavy atom. The molecule has 0 unspecified atom stereocenters. The number of methoxy groups -OCH3 is 1. The normalized spacial score (nSPS) is 10.2. The number of halogens is 2. The number of rotatable bonds is 3. The van der Waals surface area contributed by atoms with Gasteiger partial charge in [0.15, 0.2) is 0 Å². The zero-order valence-electron chi connectivity index (χ0n) is 9.71. The summed E-state index contributed by atoms with van der Waals surface area (Å²) in [5, 5.41) is 3.27. The van der Waals surface area contributed by atoms with Crippen LogP contribution in [0.2, 0.25) is 0 Å². The lowest BCUT2D eigenvalue weighted by Gasteiger charge is -2.13. The molecule has 0 aromatic heterocycles. The van der Waals surface area contributed by atoms with Crippen molar-refractivity contribution in [2.75, 3.05) is 18.2 Å². The molecule has 0 radical (unpaired) electrons. The molecular weight excluding hydrogens is 360 g/mol. The SMILES string of the molecule is COc1cc(Nc2ccccc2N)c(Br)cc1Br. The van der Waals surface area contributed by atoms with Gasteiger partial charge >= 0.3 is 0 Å². The fraction of sp³-hybridized carbons (Fsp3) is 0.0769. The van der Waals surface area contributed by atoms with Crippen LogP contribution in [0, 0.1) is 0 Å². The molecule has 5 heteroatoms. The van der Waals surface area contributed by atoms with Crippen molar-refractivity contribution in [1.29, 1.82) is 0 Å². The van der Waals surface area contributed by atoms with Crippen molar-refractivity contribution in [2.24, 2.45) is 0 Å². The predicted molar refractivity (Wildman–Crippen MR) is 82.5 cm³/mol. The monoisotopic (exact) mass is 370 g/mol. The van der Waals surface area contributed by atoms with Gasteiger partial charge in [-0.15, -0.1) is 0 Å². The number of para-hydroxylation sites is 2. The van der Waals surface area contributed by atoms with Gasteiger partial charge in [-0.2, -0.15) is 0 Å². The van der Waals surface area contributed by atoms with E-state index in [1.165, 1.54) is 0 Å². The van der Waals surface area contributed by atoms with E-state index in [1.807, 2.05) is 36.4 Å². The molecule has 0 aliphatic carbocycles. The minimum atomic E-state index is 0.700. The average Bonchev–Trinajstić information content (AvgIpc) is 2.35. The first-order valence-electron chi connectivity index (χ1n) is 5.26. The van der Waals surface area contributed by atoms with Gasteiger partial charge in [0.1, 0.15) is 5.75 Å². The summed E-state index contributed by atoms with van der Waals surface area (Å²) in [6.45, 7) is 0. The summed E-state index contributed by atoms with van der Waals surface area (Å²) >= 11 is 6.94. The Morgan fingerprint density at radius 2 is 1.78 bits per heavy atom. The Labute approximate surface area is 123 Å². The van der Waals surface area contributed by atoms with Crippen molar-refractivity contribution < 1.29 is 4.74 Å². The molecule has 0 fully saturated rings. The molecule has 3 nitrogen and oxygen atoms in total. The first-order chi connectivity index (χ1) is 8.61. The van der Waals surface area contributed by atoms with E-state index in [0.29, 0.717) is 5.69 Å². The molecular formula is C13H12Br2N2O. The molecule has 0 aliphatic rings. The molecule has 0 bridgehead atoms. The maximum Gasteiger partial charge on any atom is 0.135 e. The summed E-state index contributed by atoms with van der Waals surface area (Å²) in [7, 11) is 1.63. The zero-order valence-corrected chi connectivity index (χ0v) is 12.9. The number of nitrogens with two attached hydrogens (primary N) is 1. The van der Waals surface area contributed by atoms with Gasteiger partial charge in [0, 0.05) is 10.5 Å². The van der Waals surface area contributed by atoms with Gasteiger partial charge in [-0.25, -0.2) is 0 Å². The third kappa shape index (κ3) is 2.79. The van der Waals surface area contributed by atoms with Gasteiger partial charge in [0.2, 0.25) is 0 Å². The highest BCUT2D eigenvalue weighted by Crippen LogP contribution is 2.36. The predicted octanol–water partition coefficient (Wildman–Crippen LogP) is 4.55. The first kappa shape index (κ1) is 13.2. The van der Waals surface area contributed by atoms with E-state index in [0.717, 1.165) is 26.1 Å². The van der Waals surface area contributed by atoms with E-state index in [4.69, 9.17) is 10.5 Å². The fourth-order valence-electron chi connectivity index (χ4n) is 1.54. The highest BCUT2D eigenvalue weighted by molar-refractivity contribution is 9.11. The number of nitrogens with one attached hydrogen (secondary N) is 1. The molecule has 0 atom stereocenters. The second-order valence-corrected chi connectivity index (χ2v) is 5.39. The molecule has 0 amide bonds. The van der Waals surface area contributed by atoms with Crippen LogP contribution in [0.3, 0.4) is 0 Å². The number of hydrogen-bond acceptors (Lipinski definition) is 3. The van der Waals surface area contributed by atoms with Crippen molar-refractivity contribution in [3.8, 4) is 5.75 Å². The van der Waals surface area contributed by atoms with E-state index in [-0.39, 0.29) is 0 Å². The van der Waals surface area contributed by atoms with Crippen LogP contribution in [0.1, 0.15) is 0 Å². The number of benzene rings is 2. The molecule has 2 rings (SSSR count). The third-order valence-corrected chi connectivity index (χ3v) is 3.75. The summed E-state index contributed by atoms with van der Waals surface area (Å²) < 4.78 is 7.09. The molecule has 2 aromatic carbocycles. The van der Waals surface area contributed by atoms with E-state index in [1.54, 1.807) is 7.11 Å². The van der Waals surface area contributed by atoms with Gasteiger partial charge in [0.05, 0.1) is 28.6 Å². The maximum atomic E-state index is 5.90. The number of ether oxygens (including phenoxy) is 1. The standard InChI is InChI=1S/C13H12Br2N2O/c1-18-13-7-12(8(14)6-9(13)15)17-11-5-3-2-4-10(11)16/h2-7,17H,16H2,1H3. The van der Waals surface area contributed by atoms with Crippen molar-refractivity contribution in [3.63, 3.8) is 0 Å². The summed E-state index contributed by atoms with van der Waals surface area (Å²) in [4.78, 5) is 0. The second-order valence-electron chi connectivity index (χ2n) is 3.68. The van der Waals surface area contributed by atoms with E-state index < -0.39 is 0 Å². The van der Waals surface area contributed by atoms with Crippen LogP contribution >= 0.6 is 31.9 Å². The highest BCUT2D eigenvalue weighted by atomic mass is 79.9. The van der Waals surface area contributed by atoms with Crippen LogP contribution in [0.15, 0.2) is 45.3 Å². The lowest BCUT2D eigenvalue weighted by atomic mass is 10.2. The smallest absolute Gasteiger partial charge is 0.135 e. The Hall–Kier alpha value is -1.20. The van der Waals surface area contributed by atoms with Crippen LogP contribution in [-0.4, -0.2) is 7.11 Å². The Kier molecular flexibility index (Phi) is 4.14. The van der Waals surface area contributed by atoms with Crippen LogP contribution in [0.25, 0.3) is 0 Å². The summed E-state index contributed by atoms with van der Waals surface area (Å²) in [5.41, 5.74) is 8.36. The number of nitrogen functional groups attached to an aromatic ring is 1. The second kappa shape index (κ2) is 5.63. The lowest BCUT2D eigenvalue weighted by Crippen LogP contribution is -1.97. The molecule has 0 spiro atoms. The first-order valence-corrected chi connectivity index (χ1v) is 6.85. The van der Waals surface area contributed by atoms with Crippen molar-refractivity contribution >= 4 is 48.9 Å². The van der Waals surface area contributed by atoms with Gasteiger partial charge < -0.3 is 15.8 Å². The van der Waals surface area contributed by atoms with Crippen LogP contribution in [0.4, 0.5) is 17.1 Å². The van der Waals surface area contributed by atoms with Crippen molar-refractivity contribution in [2.45, 2.75) is 0 Å². The van der Waals surface area contributed by atoms with Crippen LogP contribution in [0.5, 0.6) is 5.75 Å². The molecule has 0 saturated carbocycles. The maximum absolute atomic E-state index is 5.90. The van der Waals surface area contributed by atoms with E-state index in [2.05, 4.69) is 37.2 Å². The largest absolute Gasteiger partial charge is 0.495 e. The minimum Gasteiger partial charge on any atom is -0.495 e. The number of anilines is 3. The summed E-state index contributed by atoms with van der Waals surface area (Å²) in [6.07, 6.45) is 0. The lowest BCUT2D eigenvalue weighted by molar-refractivity contribution is 0.412. The summed E-state index contributed by atoms with van der Waals surface area (Å²) in [6, 6.07) is 11.4. The molecule has 3 N–H and O–H groups in total. The molecule has 18 heavy (non-hydrogen) atoms. The minimum absolute atomic E-state index is 0.700. The van der Waals surface area contributed by atoms with Crippen LogP contribution in [-0.2, 0) is 0 Å². The third-order valence-electron chi connectivity index (χ3n) is 2.47. The molecule has 0 aliphatic heterocycles. The van der Waals surface area contributed by atoms with Crippen molar-refractivity contribution in [1.82, 2.24) is 0 Å². The summed E-state index contributed by atoms with van der Waals surface area (Å²) in [5.74, 6) is 0.759. The highest BCUT2D eigenvalue weighted by Gasteiger charge is 2.08. The molecule has 0 saturated heterocycles. The van der Waals surface area contributed by atoms with Gasteiger partial charge in [-0.1, -0.05) is 12.1 Å². The van der Waals surface area contributed by atoms with Crippen LogP contribution < -0.4 is 15.8 Å². The van der Waals surface area contributed by atoms with E-state index >= 15 is 0 Å². The molecule has 2 aromatic rings. The average molecular weight is 372 g/mol. The van der Waals surface area contributed by atoms with Crippen molar-refractivity contribution in [3.05, 3.63) is 45.3 Å². The quantitative estimate of drug-likeness (QED) is 0.778. The van der Waals surface area contributed by atoms with Gasteiger partial charge in [0.25, 0.3) is 0 Å². The van der Waals surface area contributed by atoms with Gasteiger partial charge in [-0.05, 0) is 50.1 Å². The van der Waals surface area contributed by atoms with E-state index in [9.17, 15) is 0 Å². The Morgan fingerprint density at radius 3 is 2.44 bits per heavy atom. The molecule has 0 heterocycles. The fourth-order valence-corrected chi connectivity index (χ4v) is 2.79. The topological polar surface area (TPSA) is 47.3 Å². The zero-order chi connectivity index (χ0) is 13.1. The van der Waals surface area contributed by atoms with Gasteiger partial charge in [-0.3, -0.25) is 0 Å².